The lowest BCUT2D eigenvalue weighted by Crippen LogP contribution is -2.14. The molecule has 7 heteroatoms. The molecule has 2 rings (SSSR count). The predicted molar refractivity (Wildman–Crippen MR) is 77.0 cm³/mol. The van der Waals surface area contributed by atoms with Crippen LogP contribution in [-0.4, -0.2) is 27.7 Å². The van der Waals surface area contributed by atoms with E-state index in [1.165, 1.54) is 42.6 Å². The Hall–Kier alpha value is -2.41. The first-order chi connectivity index (χ1) is 10.0. The number of hydrogen-bond acceptors (Lipinski definition) is 4. The molecule has 0 saturated heterocycles. The van der Waals surface area contributed by atoms with Crippen LogP contribution in [0.2, 0.25) is 0 Å². The number of pyridine rings is 1. The molecular weight excluding hydrogens is 295 g/mol. The summed E-state index contributed by atoms with van der Waals surface area (Å²) in [5, 5.41) is 11.9. The van der Waals surface area contributed by atoms with Crippen LogP contribution in [0.1, 0.15) is 10.4 Å². The van der Waals surface area contributed by atoms with Gasteiger partial charge >= 0.3 is 5.97 Å². The standard InChI is InChI=1S/C14H11FN2O3S/c15-10-1-3-11(4-2-10)17-12(18)8-21-13-7-9(14(19)20)5-6-16-13/h1-7H,8H2,(H,17,18)(H,19,20). The molecule has 1 heterocycles. The summed E-state index contributed by atoms with van der Waals surface area (Å²) in [5.41, 5.74) is 0.612. The quantitative estimate of drug-likeness (QED) is 0.830. The molecule has 0 fully saturated rings. The number of anilines is 1. The molecule has 0 unspecified atom stereocenters. The summed E-state index contributed by atoms with van der Waals surface area (Å²) in [4.78, 5) is 26.5. The van der Waals surface area contributed by atoms with E-state index in [1.807, 2.05) is 0 Å². The second kappa shape index (κ2) is 6.85. The Balaban J connectivity index is 1.90. The van der Waals surface area contributed by atoms with Crippen LogP contribution in [0.4, 0.5) is 10.1 Å². The highest BCUT2D eigenvalue weighted by molar-refractivity contribution is 7.99. The summed E-state index contributed by atoms with van der Waals surface area (Å²) in [6.07, 6.45) is 1.38. The topological polar surface area (TPSA) is 79.3 Å². The third-order valence-corrected chi connectivity index (χ3v) is 3.39. The van der Waals surface area contributed by atoms with Gasteiger partial charge in [-0.2, -0.15) is 0 Å². The minimum atomic E-state index is -1.05. The van der Waals surface area contributed by atoms with Gasteiger partial charge in [0.1, 0.15) is 5.82 Å². The van der Waals surface area contributed by atoms with Crippen molar-refractivity contribution in [2.75, 3.05) is 11.1 Å². The first-order valence-corrected chi connectivity index (χ1v) is 6.91. The third kappa shape index (κ3) is 4.57. The highest BCUT2D eigenvalue weighted by Gasteiger charge is 2.07. The Morgan fingerprint density at radius 2 is 1.95 bits per heavy atom. The third-order valence-electron chi connectivity index (χ3n) is 2.46. The smallest absolute Gasteiger partial charge is 0.335 e. The fourth-order valence-corrected chi connectivity index (χ4v) is 2.19. The summed E-state index contributed by atoms with van der Waals surface area (Å²) >= 11 is 1.12. The SMILES string of the molecule is O=C(CSc1cc(C(=O)O)ccn1)Nc1ccc(F)cc1. The molecule has 0 atom stereocenters. The molecule has 108 valence electrons. The molecule has 0 aliphatic heterocycles. The van der Waals surface area contributed by atoms with E-state index in [0.717, 1.165) is 11.8 Å². The highest BCUT2D eigenvalue weighted by Crippen LogP contribution is 2.17. The lowest BCUT2D eigenvalue weighted by Gasteiger charge is -2.05. The van der Waals surface area contributed by atoms with Gasteiger partial charge in [-0.15, -0.1) is 0 Å². The van der Waals surface area contributed by atoms with Crippen molar-refractivity contribution in [2.45, 2.75) is 5.03 Å². The van der Waals surface area contributed by atoms with Gasteiger partial charge in [-0.3, -0.25) is 4.79 Å². The van der Waals surface area contributed by atoms with E-state index >= 15 is 0 Å². The van der Waals surface area contributed by atoms with E-state index in [2.05, 4.69) is 10.3 Å². The molecule has 1 aromatic carbocycles. The maximum absolute atomic E-state index is 12.7. The summed E-state index contributed by atoms with van der Waals surface area (Å²) in [5.74, 6) is -1.63. The average Bonchev–Trinajstić information content (AvgIpc) is 2.48. The summed E-state index contributed by atoms with van der Waals surface area (Å²) in [6, 6.07) is 8.20. The molecule has 2 aromatic rings. The van der Waals surface area contributed by atoms with Gasteiger partial charge in [-0.05, 0) is 36.4 Å². The molecule has 0 bridgehead atoms. The molecule has 0 radical (unpaired) electrons. The van der Waals surface area contributed by atoms with Crippen LogP contribution in [0, 0.1) is 5.82 Å². The highest BCUT2D eigenvalue weighted by atomic mass is 32.2. The van der Waals surface area contributed by atoms with Crippen molar-refractivity contribution in [3.05, 3.63) is 54.0 Å². The largest absolute Gasteiger partial charge is 0.478 e. The number of thioether (sulfide) groups is 1. The van der Waals surface area contributed by atoms with Crippen LogP contribution in [0.3, 0.4) is 0 Å². The van der Waals surface area contributed by atoms with Crippen molar-refractivity contribution in [3.63, 3.8) is 0 Å². The summed E-state index contributed by atoms with van der Waals surface area (Å²) < 4.78 is 12.7. The Morgan fingerprint density at radius 1 is 1.24 bits per heavy atom. The Bertz CT molecular complexity index is 662. The number of rotatable bonds is 5. The fraction of sp³-hybridized carbons (Fsp3) is 0.0714. The molecular formula is C14H11FN2O3S. The van der Waals surface area contributed by atoms with Gasteiger partial charge in [-0.1, -0.05) is 11.8 Å². The predicted octanol–water partition coefficient (Wildman–Crippen LogP) is 2.65. The van der Waals surface area contributed by atoms with E-state index in [9.17, 15) is 14.0 Å². The summed E-state index contributed by atoms with van der Waals surface area (Å²) in [7, 11) is 0. The number of nitrogens with one attached hydrogen (secondary N) is 1. The molecule has 0 aliphatic carbocycles. The minimum Gasteiger partial charge on any atom is -0.478 e. The first kappa shape index (κ1) is 15.0. The number of nitrogens with zero attached hydrogens (tertiary/aromatic N) is 1. The van der Waals surface area contributed by atoms with E-state index in [4.69, 9.17) is 5.11 Å². The van der Waals surface area contributed by atoms with Gasteiger partial charge in [0.05, 0.1) is 16.3 Å². The maximum atomic E-state index is 12.7. The number of carbonyl (C=O) groups is 2. The first-order valence-electron chi connectivity index (χ1n) is 5.92. The van der Waals surface area contributed by atoms with Crippen LogP contribution in [-0.2, 0) is 4.79 Å². The Labute approximate surface area is 124 Å². The van der Waals surface area contributed by atoms with Gasteiger partial charge in [-0.25, -0.2) is 14.2 Å². The Kier molecular flexibility index (Phi) is 4.89. The van der Waals surface area contributed by atoms with Crippen LogP contribution < -0.4 is 5.32 Å². The zero-order valence-corrected chi connectivity index (χ0v) is 11.6. The molecule has 1 amide bonds. The number of benzene rings is 1. The number of aromatic carboxylic acids is 1. The average molecular weight is 306 g/mol. The van der Waals surface area contributed by atoms with Crippen molar-refractivity contribution < 1.29 is 19.1 Å². The molecule has 1 aromatic heterocycles. The van der Waals surface area contributed by atoms with E-state index in [1.54, 1.807) is 0 Å². The van der Waals surface area contributed by atoms with Gasteiger partial charge in [0.25, 0.3) is 0 Å². The molecule has 0 spiro atoms. The number of amides is 1. The molecule has 0 aliphatic rings. The molecule has 2 N–H and O–H groups in total. The van der Waals surface area contributed by atoms with Crippen molar-refractivity contribution in [1.29, 1.82) is 0 Å². The second-order valence-electron chi connectivity index (χ2n) is 4.03. The van der Waals surface area contributed by atoms with Crippen LogP contribution >= 0.6 is 11.8 Å². The number of hydrogen-bond donors (Lipinski definition) is 2. The number of aromatic nitrogens is 1. The molecule has 0 saturated carbocycles. The number of carboxylic acid groups (broad SMARTS) is 1. The van der Waals surface area contributed by atoms with Gasteiger partial charge < -0.3 is 10.4 Å². The Morgan fingerprint density at radius 3 is 2.62 bits per heavy atom. The number of halogens is 1. The number of carbonyl (C=O) groups excluding carboxylic acids is 1. The van der Waals surface area contributed by atoms with Gasteiger partial charge in [0.2, 0.25) is 5.91 Å². The van der Waals surface area contributed by atoms with Gasteiger partial charge in [0, 0.05) is 11.9 Å². The minimum absolute atomic E-state index is 0.0768. The van der Waals surface area contributed by atoms with Crippen LogP contribution in [0.15, 0.2) is 47.6 Å². The monoisotopic (exact) mass is 306 g/mol. The van der Waals surface area contributed by atoms with Crippen molar-refractivity contribution in [3.8, 4) is 0 Å². The van der Waals surface area contributed by atoms with Crippen LogP contribution in [0.25, 0.3) is 0 Å². The normalized spacial score (nSPS) is 10.1. The van der Waals surface area contributed by atoms with E-state index in [-0.39, 0.29) is 23.0 Å². The molecule has 21 heavy (non-hydrogen) atoms. The zero-order chi connectivity index (χ0) is 15.2. The van der Waals surface area contributed by atoms with Crippen molar-refractivity contribution >= 4 is 29.3 Å². The lowest BCUT2D eigenvalue weighted by atomic mass is 10.3. The number of carboxylic acids is 1. The summed E-state index contributed by atoms with van der Waals surface area (Å²) in [6.45, 7) is 0. The second-order valence-corrected chi connectivity index (χ2v) is 5.03. The van der Waals surface area contributed by atoms with Crippen molar-refractivity contribution in [2.24, 2.45) is 0 Å². The fourth-order valence-electron chi connectivity index (χ4n) is 1.49. The zero-order valence-electron chi connectivity index (χ0n) is 10.7. The lowest BCUT2D eigenvalue weighted by molar-refractivity contribution is -0.113. The van der Waals surface area contributed by atoms with Crippen molar-refractivity contribution in [1.82, 2.24) is 4.98 Å². The van der Waals surface area contributed by atoms with E-state index < -0.39 is 5.97 Å². The van der Waals surface area contributed by atoms with E-state index in [0.29, 0.717) is 10.7 Å². The van der Waals surface area contributed by atoms with Crippen LogP contribution in [0.5, 0.6) is 0 Å². The molecule has 5 nitrogen and oxygen atoms in total. The maximum Gasteiger partial charge on any atom is 0.335 e. The van der Waals surface area contributed by atoms with Gasteiger partial charge in [0.15, 0.2) is 0 Å².